The SMILES string of the molecule is C=CCCC(=O)NC[C@@H](C)OC(=O)[C@H]1[C@@H]2O[C@@]3(CC2Br)[C@@H]1C(=O)N(CCO)[C@@H]3C(=O)N(CC=C)c1cc(C)ccc1C. The monoisotopic (exact) mass is 645 g/mol. The molecule has 3 amide bonds. The zero-order valence-electron chi connectivity index (χ0n) is 24.4. The quantitative estimate of drug-likeness (QED) is 0.192. The minimum atomic E-state index is -1.29. The van der Waals surface area contributed by atoms with Gasteiger partial charge in [0.2, 0.25) is 11.8 Å². The number of esters is 1. The number of allylic oxidation sites excluding steroid dienone is 1. The van der Waals surface area contributed by atoms with Gasteiger partial charge in [-0.25, -0.2) is 0 Å². The first-order chi connectivity index (χ1) is 20.0. The van der Waals surface area contributed by atoms with Gasteiger partial charge in [-0.3, -0.25) is 19.2 Å². The fourth-order valence-corrected chi connectivity index (χ4v) is 7.46. The lowest BCUT2D eigenvalue weighted by Gasteiger charge is -2.37. The van der Waals surface area contributed by atoms with Crippen molar-refractivity contribution in [3.05, 3.63) is 54.6 Å². The third-order valence-electron chi connectivity index (χ3n) is 8.35. The molecule has 3 saturated heterocycles. The molecule has 3 aliphatic heterocycles. The van der Waals surface area contributed by atoms with E-state index < -0.39 is 47.6 Å². The standard InChI is InChI=1S/C31H40BrN3O7/c1-6-8-9-23(37)33-17-20(5)41-30(40)24-25-28(38)35(13-14-36)27(31(25)16-21(32)26(24)42-31)29(39)34(12-7-2)22-15-18(3)10-11-19(22)4/h6-7,10-11,15,20-21,24-27,36H,1-2,8-9,12-14,16-17H2,3-5H3,(H,33,37)/t20-,21?,24-,25+,26-,27-,31+/m1/s1. The van der Waals surface area contributed by atoms with Crippen molar-refractivity contribution >= 4 is 45.3 Å². The topological polar surface area (TPSA) is 125 Å². The Labute approximate surface area is 255 Å². The van der Waals surface area contributed by atoms with Gasteiger partial charge in [-0.15, -0.1) is 13.2 Å². The Kier molecular flexibility index (Phi) is 9.95. The van der Waals surface area contributed by atoms with Crippen LogP contribution < -0.4 is 10.2 Å². The Bertz CT molecular complexity index is 1250. The van der Waals surface area contributed by atoms with E-state index in [1.165, 1.54) is 4.90 Å². The number of ether oxygens (including phenoxy) is 2. The first-order valence-corrected chi connectivity index (χ1v) is 15.2. The third kappa shape index (κ3) is 5.78. The number of carbonyl (C=O) groups is 4. The third-order valence-corrected chi connectivity index (χ3v) is 9.19. The molecule has 0 aromatic heterocycles. The van der Waals surface area contributed by atoms with E-state index in [1.807, 2.05) is 32.0 Å². The second kappa shape index (κ2) is 13.1. The Morgan fingerprint density at radius 2 is 2.05 bits per heavy atom. The Morgan fingerprint density at radius 3 is 2.71 bits per heavy atom. The van der Waals surface area contributed by atoms with Crippen LogP contribution in [0.2, 0.25) is 0 Å². The molecule has 1 aromatic carbocycles. The molecule has 7 atom stereocenters. The average Bonchev–Trinajstić information content (AvgIpc) is 3.54. The van der Waals surface area contributed by atoms with Crippen molar-refractivity contribution in [3.8, 4) is 0 Å². The molecule has 0 radical (unpaired) electrons. The number of alkyl halides is 1. The number of fused-ring (bicyclic) bond motifs is 1. The Hall–Kier alpha value is -3.02. The van der Waals surface area contributed by atoms with Crippen LogP contribution in [0.25, 0.3) is 0 Å². The maximum Gasteiger partial charge on any atom is 0.312 e. The summed E-state index contributed by atoms with van der Waals surface area (Å²) in [5.41, 5.74) is 1.25. The van der Waals surface area contributed by atoms with Crippen molar-refractivity contribution < 1.29 is 33.8 Å². The van der Waals surface area contributed by atoms with E-state index in [1.54, 1.807) is 24.0 Å². The molecule has 2 N–H and O–H groups in total. The number of benzene rings is 1. The lowest BCUT2D eigenvalue weighted by Crippen LogP contribution is -2.57. The summed E-state index contributed by atoms with van der Waals surface area (Å²) in [5.74, 6) is -3.49. The highest BCUT2D eigenvalue weighted by Crippen LogP contribution is 2.60. The molecule has 3 fully saturated rings. The number of hydrogen-bond donors (Lipinski definition) is 2. The van der Waals surface area contributed by atoms with E-state index in [2.05, 4.69) is 34.4 Å². The number of β-amino-alcohol motifs (C(OH)–C–C–N with tert-alkyl or cyclic N) is 1. The molecule has 1 spiro atoms. The van der Waals surface area contributed by atoms with E-state index in [0.717, 1.165) is 11.1 Å². The average molecular weight is 647 g/mol. The van der Waals surface area contributed by atoms with E-state index >= 15 is 0 Å². The van der Waals surface area contributed by atoms with Gasteiger partial charge in [0.15, 0.2) is 0 Å². The molecule has 4 rings (SSSR count). The van der Waals surface area contributed by atoms with Gasteiger partial charge in [-0.2, -0.15) is 0 Å². The summed E-state index contributed by atoms with van der Waals surface area (Å²) in [6.45, 7) is 12.8. The summed E-state index contributed by atoms with van der Waals surface area (Å²) in [5, 5.41) is 12.6. The number of hydrogen-bond acceptors (Lipinski definition) is 7. The summed E-state index contributed by atoms with van der Waals surface area (Å²) in [7, 11) is 0. The van der Waals surface area contributed by atoms with Gasteiger partial charge >= 0.3 is 5.97 Å². The predicted octanol–water partition coefficient (Wildman–Crippen LogP) is 2.58. The fourth-order valence-electron chi connectivity index (χ4n) is 6.52. The van der Waals surface area contributed by atoms with Crippen molar-refractivity contribution in [3.63, 3.8) is 0 Å². The lowest BCUT2D eigenvalue weighted by atomic mass is 9.70. The number of nitrogens with one attached hydrogen (secondary N) is 1. The number of aliphatic hydroxyl groups excluding tert-OH is 1. The number of amides is 3. The predicted molar refractivity (Wildman–Crippen MR) is 161 cm³/mol. The van der Waals surface area contributed by atoms with Crippen LogP contribution in [-0.2, 0) is 28.7 Å². The lowest BCUT2D eigenvalue weighted by molar-refractivity contribution is -0.159. The smallest absolute Gasteiger partial charge is 0.312 e. The summed E-state index contributed by atoms with van der Waals surface area (Å²) in [6.07, 6.45) is 3.11. The number of rotatable bonds is 13. The highest BCUT2D eigenvalue weighted by molar-refractivity contribution is 9.09. The van der Waals surface area contributed by atoms with Crippen LogP contribution in [0.15, 0.2) is 43.5 Å². The highest BCUT2D eigenvalue weighted by atomic mass is 79.9. The first kappa shape index (κ1) is 31.9. The minimum Gasteiger partial charge on any atom is -0.460 e. The van der Waals surface area contributed by atoms with Crippen molar-refractivity contribution in [1.82, 2.24) is 10.2 Å². The molecule has 3 heterocycles. The van der Waals surface area contributed by atoms with Gasteiger partial charge in [-0.1, -0.05) is 40.2 Å². The number of aryl methyl sites for hydroxylation is 2. The molecular formula is C31H40BrN3O7. The second-order valence-corrected chi connectivity index (χ2v) is 12.5. The zero-order chi connectivity index (χ0) is 30.8. The molecule has 1 unspecified atom stereocenters. The van der Waals surface area contributed by atoms with Gasteiger partial charge in [-0.05, 0) is 50.8 Å². The van der Waals surface area contributed by atoms with Crippen molar-refractivity contribution in [2.45, 2.75) is 68.7 Å². The van der Waals surface area contributed by atoms with Crippen LogP contribution in [0.3, 0.4) is 0 Å². The van der Waals surface area contributed by atoms with Gasteiger partial charge in [0.05, 0.1) is 31.1 Å². The normalized spacial score (nSPS) is 28.3. The molecule has 1 aromatic rings. The molecule has 2 bridgehead atoms. The Balaban J connectivity index is 1.64. The maximum absolute atomic E-state index is 14.5. The van der Waals surface area contributed by atoms with E-state index in [9.17, 15) is 24.3 Å². The number of likely N-dealkylation sites (tertiary alicyclic amines) is 1. The number of nitrogens with zero attached hydrogens (tertiary/aromatic N) is 2. The number of aliphatic hydroxyl groups is 1. The molecule has 10 nitrogen and oxygen atoms in total. The zero-order valence-corrected chi connectivity index (χ0v) is 26.0. The van der Waals surface area contributed by atoms with Gasteiger partial charge in [0.1, 0.15) is 17.7 Å². The van der Waals surface area contributed by atoms with Crippen LogP contribution in [0.4, 0.5) is 5.69 Å². The molecule has 0 aliphatic carbocycles. The number of halogens is 1. The van der Waals surface area contributed by atoms with E-state index in [4.69, 9.17) is 9.47 Å². The van der Waals surface area contributed by atoms with Crippen molar-refractivity contribution in [1.29, 1.82) is 0 Å². The van der Waals surface area contributed by atoms with Crippen LogP contribution in [0.1, 0.15) is 37.3 Å². The van der Waals surface area contributed by atoms with Crippen molar-refractivity contribution in [2.24, 2.45) is 11.8 Å². The first-order valence-electron chi connectivity index (χ1n) is 14.3. The minimum absolute atomic E-state index is 0.0852. The van der Waals surface area contributed by atoms with Crippen LogP contribution >= 0.6 is 15.9 Å². The molecule has 11 heteroatoms. The summed E-state index contributed by atoms with van der Waals surface area (Å²) < 4.78 is 12.2. The summed E-state index contributed by atoms with van der Waals surface area (Å²) in [4.78, 5) is 56.7. The van der Waals surface area contributed by atoms with Gasteiger partial charge in [0, 0.05) is 30.0 Å². The number of carbonyl (C=O) groups excluding carboxylic acids is 4. The van der Waals surface area contributed by atoms with Crippen LogP contribution in [-0.4, -0.2) is 88.6 Å². The number of anilines is 1. The molecular weight excluding hydrogens is 606 g/mol. The molecule has 42 heavy (non-hydrogen) atoms. The van der Waals surface area contributed by atoms with E-state index in [0.29, 0.717) is 18.5 Å². The molecule has 0 saturated carbocycles. The van der Waals surface area contributed by atoms with Gasteiger partial charge in [0.25, 0.3) is 5.91 Å². The molecule has 228 valence electrons. The van der Waals surface area contributed by atoms with Crippen molar-refractivity contribution in [2.75, 3.05) is 31.1 Å². The largest absolute Gasteiger partial charge is 0.460 e. The van der Waals surface area contributed by atoms with Crippen LogP contribution in [0, 0.1) is 25.7 Å². The highest BCUT2D eigenvalue weighted by Gasteiger charge is 2.77. The summed E-state index contributed by atoms with van der Waals surface area (Å²) >= 11 is 3.65. The maximum atomic E-state index is 14.5. The molecule has 3 aliphatic rings. The summed E-state index contributed by atoms with van der Waals surface area (Å²) in [6, 6.07) is 4.74. The second-order valence-electron chi connectivity index (χ2n) is 11.3. The van der Waals surface area contributed by atoms with Gasteiger partial charge < -0.3 is 29.7 Å². The van der Waals surface area contributed by atoms with Crippen LogP contribution in [0.5, 0.6) is 0 Å². The Morgan fingerprint density at radius 1 is 1.31 bits per heavy atom. The fraction of sp³-hybridized carbons (Fsp3) is 0.548. The van der Waals surface area contributed by atoms with E-state index in [-0.39, 0.29) is 49.3 Å².